The smallest absolute Gasteiger partial charge is 0.310 e. The van der Waals surface area contributed by atoms with Gasteiger partial charge in [-0.25, -0.2) is 0 Å². The summed E-state index contributed by atoms with van der Waals surface area (Å²) in [4.78, 5) is 28.7. The molecule has 1 fully saturated rings. The van der Waals surface area contributed by atoms with Gasteiger partial charge in [0.1, 0.15) is 0 Å². The number of hydrogen-bond donors (Lipinski definition) is 1. The molecule has 1 aromatic rings. The van der Waals surface area contributed by atoms with E-state index < -0.39 is 0 Å². The number of likely N-dealkylation sites (tertiary alicyclic amines) is 1. The van der Waals surface area contributed by atoms with Gasteiger partial charge in [0.2, 0.25) is 5.91 Å². The van der Waals surface area contributed by atoms with Gasteiger partial charge in [-0.05, 0) is 31.9 Å². The largest absolute Gasteiger partial charge is 0.466 e. The summed E-state index contributed by atoms with van der Waals surface area (Å²) in [6.45, 7) is 3.41. The lowest BCUT2D eigenvalue weighted by molar-refractivity contribution is -0.151. The topological polar surface area (TPSA) is 62.4 Å². The predicted octanol–water partition coefficient (Wildman–Crippen LogP) is 1.36. The maximum Gasteiger partial charge on any atom is 0.310 e. The highest BCUT2D eigenvalue weighted by Crippen LogP contribution is 2.18. The zero-order chi connectivity index (χ0) is 13.7. The number of esters is 1. The number of hydrogen-bond acceptors (Lipinski definition) is 3. The van der Waals surface area contributed by atoms with Crippen LogP contribution in [0.25, 0.3) is 0 Å². The van der Waals surface area contributed by atoms with Gasteiger partial charge in [-0.15, -0.1) is 0 Å². The highest BCUT2D eigenvalue weighted by atomic mass is 16.5. The van der Waals surface area contributed by atoms with E-state index in [4.69, 9.17) is 4.74 Å². The summed E-state index contributed by atoms with van der Waals surface area (Å²) in [5.74, 6) is -0.280. The lowest BCUT2D eigenvalue weighted by atomic mass is 9.98. The van der Waals surface area contributed by atoms with Gasteiger partial charge in [0.05, 0.1) is 18.9 Å². The third-order valence-electron chi connectivity index (χ3n) is 3.40. The van der Waals surface area contributed by atoms with Crippen LogP contribution in [0.3, 0.4) is 0 Å². The third kappa shape index (κ3) is 3.59. The van der Waals surface area contributed by atoms with Gasteiger partial charge in [-0.3, -0.25) is 9.59 Å². The van der Waals surface area contributed by atoms with E-state index in [1.807, 2.05) is 12.1 Å². The van der Waals surface area contributed by atoms with Crippen molar-refractivity contribution < 1.29 is 14.3 Å². The van der Waals surface area contributed by atoms with Gasteiger partial charge in [0.25, 0.3) is 0 Å². The first-order valence-electron chi connectivity index (χ1n) is 6.77. The number of carbonyl (C=O) groups excluding carboxylic acids is 2. The highest BCUT2D eigenvalue weighted by molar-refractivity contribution is 5.80. The van der Waals surface area contributed by atoms with E-state index in [9.17, 15) is 9.59 Å². The molecule has 0 radical (unpaired) electrons. The average Bonchev–Trinajstić information content (AvgIpc) is 2.92. The molecule has 2 rings (SSSR count). The van der Waals surface area contributed by atoms with Gasteiger partial charge in [-0.1, -0.05) is 0 Å². The monoisotopic (exact) mass is 264 g/mol. The van der Waals surface area contributed by atoms with E-state index >= 15 is 0 Å². The molecule has 5 heteroatoms. The number of aromatic nitrogens is 1. The minimum atomic E-state index is -0.181. The summed E-state index contributed by atoms with van der Waals surface area (Å²) in [5, 5.41) is 0. The summed E-state index contributed by atoms with van der Waals surface area (Å²) in [6.07, 6.45) is 3.84. The van der Waals surface area contributed by atoms with Crippen LogP contribution in [-0.4, -0.2) is 41.5 Å². The summed E-state index contributed by atoms with van der Waals surface area (Å²) in [6, 6.07) is 3.77. The molecule has 1 saturated heterocycles. The molecule has 0 bridgehead atoms. The first kappa shape index (κ1) is 13.6. The molecule has 104 valence electrons. The quantitative estimate of drug-likeness (QED) is 0.835. The van der Waals surface area contributed by atoms with Crippen LogP contribution in [0, 0.1) is 5.92 Å². The number of nitrogens with one attached hydrogen (secondary N) is 1. The predicted molar refractivity (Wildman–Crippen MR) is 70.4 cm³/mol. The van der Waals surface area contributed by atoms with Gasteiger partial charge in [-0.2, -0.15) is 0 Å². The van der Waals surface area contributed by atoms with E-state index in [2.05, 4.69) is 4.98 Å². The standard InChI is InChI=1S/C14H20N2O3/c1-2-19-14(18)11-5-4-8-16(10-11)13(17)9-12-6-3-7-15-12/h3,6-7,11,15H,2,4-5,8-10H2,1H3. The van der Waals surface area contributed by atoms with Crippen LogP contribution in [0.2, 0.25) is 0 Å². The minimum absolute atomic E-state index is 0.0662. The molecule has 1 N–H and O–H groups in total. The Bertz CT molecular complexity index is 428. The van der Waals surface area contributed by atoms with Crippen molar-refractivity contribution >= 4 is 11.9 Å². The normalized spacial score (nSPS) is 19.2. The summed E-state index contributed by atoms with van der Waals surface area (Å²) in [5.41, 5.74) is 0.906. The van der Waals surface area contributed by atoms with Crippen molar-refractivity contribution in [1.82, 2.24) is 9.88 Å². The fourth-order valence-corrected chi connectivity index (χ4v) is 2.41. The van der Waals surface area contributed by atoms with Crippen LogP contribution in [0.1, 0.15) is 25.5 Å². The maximum absolute atomic E-state index is 12.1. The Labute approximate surface area is 112 Å². The number of nitrogens with zero attached hydrogens (tertiary/aromatic N) is 1. The zero-order valence-corrected chi connectivity index (χ0v) is 11.2. The van der Waals surface area contributed by atoms with Gasteiger partial charge >= 0.3 is 5.97 Å². The molecule has 1 atom stereocenters. The molecule has 1 amide bonds. The summed E-state index contributed by atoms with van der Waals surface area (Å²) >= 11 is 0. The first-order chi connectivity index (χ1) is 9.20. The van der Waals surface area contributed by atoms with Crippen LogP contribution in [-0.2, 0) is 20.7 Å². The van der Waals surface area contributed by atoms with E-state index in [-0.39, 0.29) is 17.8 Å². The summed E-state index contributed by atoms with van der Waals surface area (Å²) in [7, 11) is 0. The van der Waals surface area contributed by atoms with Crippen LogP contribution in [0.15, 0.2) is 18.3 Å². The lowest BCUT2D eigenvalue weighted by Crippen LogP contribution is -2.43. The second-order valence-electron chi connectivity index (χ2n) is 4.80. The second kappa shape index (κ2) is 6.41. The van der Waals surface area contributed by atoms with E-state index in [1.54, 1.807) is 18.0 Å². The number of amides is 1. The third-order valence-corrected chi connectivity index (χ3v) is 3.40. The Morgan fingerprint density at radius 2 is 2.37 bits per heavy atom. The number of H-pyrrole nitrogens is 1. The molecule has 1 aliphatic rings. The molecule has 19 heavy (non-hydrogen) atoms. The number of carbonyl (C=O) groups is 2. The van der Waals surface area contributed by atoms with Crippen molar-refractivity contribution in [2.24, 2.45) is 5.92 Å². The van der Waals surface area contributed by atoms with Crippen molar-refractivity contribution in [3.63, 3.8) is 0 Å². The Kier molecular flexibility index (Phi) is 4.60. The Morgan fingerprint density at radius 1 is 1.53 bits per heavy atom. The first-order valence-corrected chi connectivity index (χ1v) is 6.77. The molecule has 1 aromatic heterocycles. The van der Waals surface area contributed by atoms with Crippen molar-refractivity contribution in [2.45, 2.75) is 26.2 Å². The molecule has 0 spiro atoms. The van der Waals surface area contributed by atoms with Crippen LogP contribution in [0.5, 0.6) is 0 Å². The average molecular weight is 264 g/mol. The molecular weight excluding hydrogens is 244 g/mol. The fraction of sp³-hybridized carbons (Fsp3) is 0.571. The maximum atomic E-state index is 12.1. The van der Waals surface area contributed by atoms with Crippen LogP contribution < -0.4 is 0 Å². The molecule has 1 unspecified atom stereocenters. The molecule has 0 aliphatic carbocycles. The van der Waals surface area contributed by atoms with E-state index in [0.29, 0.717) is 19.6 Å². The second-order valence-corrected chi connectivity index (χ2v) is 4.80. The minimum Gasteiger partial charge on any atom is -0.466 e. The molecule has 5 nitrogen and oxygen atoms in total. The van der Waals surface area contributed by atoms with Crippen LogP contribution in [0.4, 0.5) is 0 Å². The fourth-order valence-electron chi connectivity index (χ4n) is 2.41. The summed E-state index contributed by atoms with van der Waals surface area (Å²) < 4.78 is 5.03. The van der Waals surface area contributed by atoms with Crippen molar-refractivity contribution in [2.75, 3.05) is 19.7 Å². The molecule has 2 heterocycles. The molecule has 0 saturated carbocycles. The SMILES string of the molecule is CCOC(=O)C1CCCN(C(=O)Cc2ccc[nH]2)C1. The highest BCUT2D eigenvalue weighted by Gasteiger charge is 2.29. The molecular formula is C14H20N2O3. The number of ether oxygens (including phenoxy) is 1. The van der Waals surface area contributed by atoms with Crippen molar-refractivity contribution in [1.29, 1.82) is 0 Å². The Morgan fingerprint density at radius 3 is 3.05 bits per heavy atom. The van der Waals surface area contributed by atoms with Crippen molar-refractivity contribution in [3.05, 3.63) is 24.0 Å². The molecule has 0 aromatic carbocycles. The van der Waals surface area contributed by atoms with Crippen LogP contribution >= 0.6 is 0 Å². The van der Waals surface area contributed by atoms with E-state index in [0.717, 1.165) is 25.1 Å². The van der Waals surface area contributed by atoms with Gasteiger partial charge < -0.3 is 14.6 Å². The number of piperidine rings is 1. The van der Waals surface area contributed by atoms with Gasteiger partial charge in [0, 0.05) is 25.0 Å². The molecule has 1 aliphatic heterocycles. The number of rotatable bonds is 4. The number of aromatic amines is 1. The Hall–Kier alpha value is -1.78. The van der Waals surface area contributed by atoms with Gasteiger partial charge in [0.15, 0.2) is 0 Å². The van der Waals surface area contributed by atoms with E-state index in [1.165, 1.54) is 0 Å². The lowest BCUT2D eigenvalue weighted by Gasteiger charge is -2.31. The zero-order valence-electron chi connectivity index (χ0n) is 11.2. The van der Waals surface area contributed by atoms with Crippen molar-refractivity contribution in [3.8, 4) is 0 Å². The Balaban J connectivity index is 1.89.